The van der Waals surface area contributed by atoms with Crippen molar-refractivity contribution >= 4 is 5.97 Å². The van der Waals surface area contributed by atoms with E-state index in [0.29, 0.717) is 6.42 Å². The van der Waals surface area contributed by atoms with Crippen LogP contribution in [-0.2, 0) is 25.9 Å². The van der Waals surface area contributed by atoms with Crippen LogP contribution in [0.5, 0.6) is 0 Å². The Balaban J connectivity index is 3.34. The van der Waals surface area contributed by atoms with Crippen LogP contribution in [0.3, 0.4) is 0 Å². The third-order valence-corrected chi connectivity index (χ3v) is 2.00. The summed E-state index contributed by atoms with van der Waals surface area (Å²) in [6, 6.07) is 0. The number of carboxylic acid groups (broad SMARTS) is 1. The van der Waals surface area contributed by atoms with Gasteiger partial charge in [0.05, 0.1) is 0 Å². The number of carboxylic acids is 1. The van der Waals surface area contributed by atoms with Crippen molar-refractivity contribution in [3.8, 4) is 0 Å². The summed E-state index contributed by atoms with van der Waals surface area (Å²) in [7, 11) is 0. The molecule has 0 aromatic carbocycles. The van der Waals surface area contributed by atoms with E-state index in [-0.39, 0.29) is 4.14 Å². The van der Waals surface area contributed by atoms with Crippen LogP contribution in [0.25, 0.3) is 0 Å². The van der Waals surface area contributed by atoms with Gasteiger partial charge < -0.3 is 0 Å². The van der Waals surface area contributed by atoms with Crippen LogP contribution in [0.1, 0.15) is 13.3 Å². The number of rotatable bonds is 2. The molecule has 0 saturated heterocycles. The molecule has 7 heavy (non-hydrogen) atoms. The maximum atomic E-state index is 9.92. The van der Waals surface area contributed by atoms with Crippen LogP contribution >= 0.6 is 0 Å². The number of hydrogen-bond acceptors (Lipinski definition) is 1. The molecule has 0 bridgehead atoms. The van der Waals surface area contributed by atoms with Gasteiger partial charge in [-0.2, -0.15) is 0 Å². The average molecular weight is 284 g/mol. The van der Waals surface area contributed by atoms with Gasteiger partial charge in [-0.25, -0.2) is 0 Å². The van der Waals surface area contributed by atoms with Crippen molar-refractivity contribution in [2.45, 2.75) is 17.5 Å². The van der Waals surface area contributed by atoms with E-state index in [1.54, 1.807) is 0 Å². The first kappa shape index (κ1) is 7.21. The standard InChI is InChI=1S/C4H7O2.Au/c1-2-3-4(5)6;/h3H,2H2,1H3,(H,5,6);. The van der Waals surface area contributed by atoms with Crippen molar-refractivity contribution in [2.24, 2.45) is 0 Å². The van der Waals surface area contributed by atoms with Crippen LogP contribution in [0, 0.1) is 0 Å². The van der Waals surface area contributed by atoms with Gasteiger partial charge in [0.15, 0.2) is 0 Å². The normalized spacial score (nSPS) is 13.6. The average Bonchev–Trinajstić information content (AvgIpc) is 1.65. The molecule has 0 spiro atoms. The maximum absolute atomic E-state index is 9.92. The van der Waals surface area contributed by atoms with Crippen molar-refractivity contribution in [1.29, 1.82) is 0 Å². The van der Waals surface area contributed by atoms with E-state index in [1.165, 1.54) is 0 Å². The zero-order chi connectivity index (χ0) is 5.86. The summed E-state index contributed by atoms with van der Waals surface area (Å²) in [4.78, 5) is 9.92. The minimum absolute atomic E-state index is 0.236. The summed E-state index contributed by atoms with van der Waals surface area (Å²) in [6.45, 7) is 1.85. The summed E-state index contributed by atoms with van der Waals surface area (Å²) in [5, 5.41) is 8.17. The quantitative estimate of drug-likeness (QED) is 0.762. The first-order valence-electron chi connectivity index (χ1n) is 2.01. The third kappa shape index (κ3) is 2.85. The Bertz CT molecular complexity index is 72.1. The van der Waals surface area contributed by atoms with Crippen LogP contribution in [0.2, 0.25) is 4.14 Å². The third-order valence-electron chi connectivity index (χ3n) is 0.576. The molecule has 0 aromatic heterocycles. The molecule has 1 N–H and O–H groups in total. The number of carbonyl (C=O) groups is 1. The van der Waals surface area contributed by atoms with Crippen LogP contribution in [0.15, 0.2) is 0 Å². The van der Waals surface area contributed by atoms with Gasteiger partial charge in [0.1, 0.15) is 0 Å². The topological polar surface area (TPSA) is 37.3 Å². The summed E-state index contributed by atoms with van der Waals surface area (Å²) in [6.07, 6.45) is 0.693. The Morgan fingerprint density at radius 1 is 2.00 bits per heavy atom. The number of aliphatic carboxylic acids is 1. The SMILES string of the molecule is CC[CH]([Au])C(=O)O. The molecule has 0 rings (SSSR count). The molecule has 3 heteroatoms. The van der Waals surface area contributed by atoms with Gasteiger partial charge >= 0.3 is 54.4 Å². The summed E-state index contributed by atoms with van der Waals surface area (Å²) >= 11 is 2.07. The van der Waals surface area contributed by atoms with Crippen molar-refractivity contribution in [1.82, 2.24) is 0 Å². The molecular formula is C4H7AuO2. The molecule has 0 aliphatic heterocycles. The molecule has 0 saturated carbocycles. The molecule has 0 aromatic rings. The fourth-order valence-electron chi connectivity index (χ4n) is 0.175. The van der Waals surface area contributed by atoms with Gasteiger partial charge in [-0.1, -0.05) is 0 Å². The molecule has 0 aliphatic carbocycles. The summed E-state index contributed by atoms with van der Waals surface area (Å²) in [5.74, 6) is -0.731. The molecule has 1 unspecified atom stereocenters. The van der Waals surface area contributed by atoms with E-state index in [1.807, 2.05) is 6.92 Å². The van der Waals surface area contributed by atoms with Crippen LogP contribution < -0.4 is 0 Å². The zero-order valence-electron chi connectivity index (χ0n) is 3.94. The monoisotopic (exact) mass is 284 g/mol. The second kappa shape index (κ2) is 3.24. The molecule has 0 heterocycles. The van der Waals surface area contributed by atoms with E-state index in [9.17, 15) is 4.79 Å². The van der Waals surface area contributed by atoms with Gasteiger partial charge in [0.25, 0.3) is 0 Å². The molecular weight excluding hydrogens is 277 g/mol. The predicted molar refractivity (Wildman–Crippen MR) is 21.7 cm³/mol. The van der Waals surface area contributed by atoms with Gasteiger partial charge in [-0.3, -0.25) is 0 Å². The van der Waals surface area contributed by atoms with Gasteiger partial charge in [-0.05, 0) is 0 Å². The fraction of sp³-hybridized carbons (Fsp3) is 0.750. The van der Waals surface area contributed by atoms with Gasteiger partial charge in [0, 0.05) is 0 Å². The van der Waals surface area contributed by atoms with Crippen LogP contribution in [0.4, 0.5) is 0 Å². The molecule has 1 atom stereocenters. The Morgan fingerprint density at radius 3 is 2.43 bits per heavy atom. The van der Waals surface area contributed by atoms with Crippen molar-refractivity contribution in [3.05, 3.63) is 0 Å². The Morgan fingerprint density at radius 2 is 2.43 bits per heavy atom. The van der Waals surface area contributed by atoms with Gasteiger partial charge in [-0.15, -0.1) is 0 Å². The second-order valence-corrected chi connectivity index (χ2v) is 2.67. The van der Waals surface area contributed by atoms with E-state index in [2.05, 4.69) is 21.1 Å². The first-order valence-corrected chi connectivity index (χ1v) is 3.26. The first-order chi connectivity index (χ1) is 3.18. The summed E-state index contributed by atoms with van der Waals surface area (Å²) < 4.78 is -0.236. The van der Waals surface area contributed by atoms with Crippen molar-refractivity contribution in [3.63, 3.8) is 0 Å². The second-order valence-electron chi connectivity index (χ2n) is 1.16. The molecule has 0 fully saturated rings. The van der Waals surface area contributed by atoms with E-state index in [4.69, 9.17) is 5.11 Å². The Kier molecular flexibility index (Phi) is 3.34. The molecule has 0 amide bonds. The number of hydrogen-bond donors (Lipinski definition) is 1. The zero-order valence-corrected chi connectivity index (χ0v) is 6.11. The Hall–Kier alpha value is 0.210. The van der Waals surface area contributed by atoms with E-state index in [0.717, 1.165) is 0 Å². The molecule has 46 valence electrons. The van der Waals surface area contributed by atoms with Gasteiger partial charge in [0.2, 0.25) is 0 Å². The predicted octanol–water partition coefficient (Wildman–Crippen LogP) is 0.816. The molecule has 2 nitrogen and oxygen atoms in total. The fourth-order valence-corrected chi connectivity index (χ4v) is 0.175. The summed E-state index contributed by atoms with van der Waals surface area (Å²) in [5.41, 5.74) is 0. The van der Waals surface area contributed by atoms with E-state index < -0.39 is 5.97 Å². The Labute approximate surface area is 54.8 Å². The minimum atomic E-state index is -0.731. The van der Waals surface area contributed by atoms with Crippen molar-refractivity contribution in [2.75, 3.05) is 0 Å². The van der Waals surface area contributed by atoms with E-state index >= 15 is 0 Å². The molecule has 0 radical (unpaired) electrons. The van der Waals surface area contributed by atoms with Crippen LogP contribution in [-0.4, -0.2) is 11.1 Å². The molecule has 0 aliphatic rings. The van der Waals surface area contributed by atoms with Crippen molar-refractivity contribution < 1.29 is 31.0 Å².